The predicted octanol–water partition coefficient (Wildman–Crippen LogP) is 1.00. The SMILES string of the molecule is CCN[C@H](C)CNS(=O)(=O)c1cc2c(cc1C)OCO2. The summed E-state index contributed by atoms with van der Waals surface area (Å²) in [5.74, 6) is 1.05. The molecule has 0 bridgehead atoms. The van der Waals surface area contributed by atoms with E-state index in [-0.39, 0.29) is 17.7 Å². The van der Waals surface area contributed by atoms with Crippen molar-refractivity contribution < 1.29 is 17.9 Å². The number of hydrogen-bond acceptors (Lipinski definition) is 5. The Morgan fingerprint density at radius 3 is 2.60 bits per heavy atom. The summed E-state index contributed by atoms with van der Waals surface area (Å²) in [4.78, 5) is 0.227. The number of fused-ring (bicyclic) bond motifs is 1. The maximum atomic E-state index is 12.3. The van der Waals surface area contributed by atoms with Crippen molar-refractivity contribution in [1.29, 1.82) is 0 Å². The molecular weight excluding hydrogens is 280 g/mol. The molecule has 1 heterocycles. The fraction of sp³-hybridized carbons (Fsp3) is 0.538. The second-order valence-corrected chi connectivity index (χ2v) is 6.52. The van der Waals surface area contributed by atoms with Crippen LogP contribution in [0.2, 0.25) is 0 Å². The minimum absolute atomic E-state index is 0.0732. The Morgan fingerprint density at radius 1 is 1.30 bits per heavy atom. The summed E-state index contributed by atoms with van der Waals surface area (Å²) in [5.41, 5.74) is 0.637. The lowest BCUT2D eigenvalue weighted by atomic mass is 10.2. The van der Waals surface area contributed by atoms with E-state index in [0.717, 1.165) is 6.54 Å². The zero-order valence-corrected chi connectivity index (χ0v) is 12.7. The van der Waals surface area contributed by atoms with Gasteiger partial charge in [-0.3, -0.25) is 0 Å². The Labute approximate surface area is 119 Å². The summed E-state index contributed by atoms with van der Waals surface area (Å²) in [7, 11) is -3.55. The lowest BCUT2D eigenvalue weighted by molar-refractivity contribution is 0.174. The average molecular weight is 300 g/mol. The number of rotatable bonds is 6. The van der Waals surface area contributed by atoms with Crippen LogP contribution in [0.3, 0.4) is 0 Å². The van der Waals surface area contributed by atoms with E-state index >= 15 is 0 Å². The van der Waals surface area contributed by atoms with Gasteiger partial charge in [0.15, 0.2) is 11.5 Å². The Hall–Kier alpha value is -1.31. The van der Waals surface area contributed by atoms with Crippen LogP contribution in [-0.4, -0.2) is 34.3 Å². The first-order chi connectivity index (χ1) is 9.44. The minimum atomic E-state index is -3.55. The van der Waals surface area contributed by atoms with Crippen molar-refractivity contribution in [2.45, 2.75) is 31.7 Å². The van der Waals surface area contributed by atoms with Gasteiger partial charge in [-0.25, -0.2) is 13.1 Å². The number of aryl methyl sites for hydroxylation is 1. The molecule has 0 saturated carbocycles. The first kappa shape index (κ1) is 15.1. The molecule has 7 heteroatoms. The van der Waals surface area contributed by atoms with E-state index < -0.39 is 10.0 Å². The van der Waals surface area contributed by atoms with E-state index in [0.29, 0.717) is 23.6 Å². The Bertz CT molecular complexity index is 586. The van der Waals surface area contributed by atoms with Gasteiger partial charge in [0.1, 0.15) is 0 Å². The molecule has 0 fully saturated rings. The third-order valence-corrected chi connectivity index (χ3v) is 4.66. The maximum Gasteiger partial charge on any atom is 0.241 e. The molecule has 1 aliphatic rings. The Morgan fingerprint density at radius 2 is 1.95 bits per heavy atom. The van der Waals surface area contributed by atoms with E-state index in [1.807, 2.05) is 13.8 Å². The first-order valence-electron chi connectivity index (χ1n) is 6.57. The standard InChI is InChI=1S/C13H20N2O4S/c1-4-14-10(3)7-15-20(16,17)13-6-12-11(5-9(13)2)18-8-19-12/h5-6,10,14-15H,4,7-8H2,1-3H3/t10-/m1/s1. The van der Waals surface area contributed by atoms with Crippen molar-refractivity contribution in [3.63, 3.8) is 0 Å². The zero-order chi connectivity index (χ0) is 14.8. The molecule has 2 rings (SSSR count). The second kappa shape index (κ2) is 5.99. The van der Waals surface area contributed by atoms with E-state index in [9.17, 15) is 8.42 Å². The first-order valence-corrected chi connectivity index (χ1v) is 8.05. The van der Waals surface area contributed by atoms with Crippen LogP contribution in [0, 0.1) is 6.92 Å². The van der Waals surface area contributed by atoms with Crippen LogP contribution >= 0.6 is 0 Å². The number of benzene rings is 1. The largest absolute Gasteiger partial charge is 0.454 e. The summed E-state index contributed by atoms with van der Waals surface area (Å²) in [5, 5.41) is 3.15. The normalized spacial score (nSPS) is 15.3. The zero-order valence-electron chi connectivity index (χ0n) is 11.9. The quantitative estimate of drug-likeness (QED) is 0.819. The van der Waals surface area contributed by atoms with Crippen LogP contribution in [0.15, 0.2) is 17.0 Å². The van der Waals surface area contributed by atoms with Gasteiger partial charge < -0.3 is 14.8 Å². The van der Waals surface area contributed by atoms with Crippen molar-refractivity contribution in [2.24, 2.45) is 0 Å². The topological polar surface area (TPSA) is 76.7 Å². The molecule has 0 saturated heterocycles. The lowest BCUT2D eigenvalue weighted by Gasteiger charge is -2.15. The Kier molecular flexibility index (Phi) is 4.52. The number of ether oxygens (including phenoxy) is 2. The third kappa shape index (κ3) is 3.23. The molecule has 0 amide bonds. The molecule has 0 unspecified atom stereocenters. The van der Waals surface area contributed by atoms with Gasteiger partial charge in [0, 0.05) is 18.7 Å². The molecule has 6 nitrogen and oxygen atoms in total. The summed E-state index contributed by atoms with van der Waals surface area (Å²) in [6.07, 6.45) is 0. The molecule has 112 valence electrons. The molecule has 0 aromatic heterocycles. The van der Waals surface area contributed by atoms with Crippen molar-refractivity contribution >= 4 is 10.0 Å². The van der Waals surface area contributed by atoms with Gasteiger partial charge in [0.2, 0.25) is 16.8 Å². The highest BCUT2D eigenvalue weighted by molar-refractivity contribution is 7.89. The van der Waals surface area contributed by atoms with E-state index in [2.05, 4.69) is 10.0 Å². The highest BCUT2D eigenvalue weighted by Gasteiger charge is 2.23. The van der Waals surface area contributed by atoms with E-state index in [1.165, 1.54) is 6.07 Å². The molecule has 20 heavy (non-hydrogen) atoms. The van der Waals surface area contributed by atoms with Gasteiger partial charge in [-0.15, -0.1) is 0 Å². The van der Waals surface area contributed by atoms with Crippen LogP contribution in [0.4, 0.5) is 0 Å². The van der Waals surface area contributed by atoms with Gasteiger partial charge >= 0.3 is 0 Å². The summed E-state index contributed by atoms with van der Waals surface area (Å²) in [6, 6.07) is 3.27. The summed E-state index contributed by atoms with van der Waals surface area (Å²) >= 11 is 0. The molecular formula is C13H20N2O4S. The number of likely N-dealkylation sites (N-methyl/N-ethyl adjacent to an activating group) is 1. The summed E-state index contributed by atoms with van der Waals surface area (Å²) in [6.45, 7) is 6.91. The predicted molar refractivity (Wildman–Crippen MR) is 75.6 cm³/mol. The smallest absolute Gasteiger partial charge is 0.241 e. The van der Waals surface area contributed by atoms with E-state index in [4.69, 9.17) is 9.47 Å². The number of nitrogens with one attached hydrogen (secondary N) is 2. The van der Waals surface area contributed by atoms with Crippen molar-refractivity contribution in [3.8, 4) is 11.5 Å². The highest BCUT2D eigenvalue weighted by Crippen LogP contribution is 2.36. The average Bonchev–Trinajstić information content (AvgIpc) is 2.83. The van der Waals surface area contributed by atoms with Crippen LogP contribution < -0.4 is 19.5 Å². The van der Waals surface area contributed by atoms with Gasteiger partial charge in [-0.2, -0.15) is 0 Å². The van der Waals surface area contributed by atoms with Gasteiger partial charge in [0.05, 0.1) is 4.90 Å². The molecule has 1 aromatic rings. The number of hydrogen-bond donors (Lipinski definition) is 2. The van der Waals surface area contributed by atoms with Gasteiger partial charge in [-0.05, 0) is 32.0 Å². The van der Waals surface area contributed by atoms with Crippen molar-refractivity contribution in [1.82, 2.24) is 10.0 Å². The van der Waals surface area contributed by atoms with Crippen LogP contribution in [0.25, 0.3) is 0 Å². The number of sulfonamides is 1. The lowest BCUT2D eigenvalue weighted by Crippen LogP contribution is -2.38. The van der Waals surface area contributed by atoms with Crippen LogP contribution in [-0.2, 0) is 10.0 Å². The second-order valence-electron chi connectivity index (χ2n) is 4.78. The monoisotopic (exact) mass is 300 g/mol. The van der Waals surface area contributed by atoms with Crippen LogP contribution in [0.5, 0.6) is 11.5 Å². The molecule has 1 atom stereocenters. The van der Waals surface area contributed by atoms with Gasteiger partial charge in [-0.1, -0.05) is 6.92 Å². The third-order valence-electron chi connectivity index (χ3n) is 3.09. The fourth-order valence-electron chi connectivity index (χ4n) is 2.05. The molecule has 0 spiro atoms. The molecule has 0 radical (unpaired) electrons. The maximum absolute atomic E-state index is 12.3. The fourth-order valence-corrected chi connectivity index (χ4v) is 3.42. The minimum Gasteiger partial charge on any atom is -0.454 e. The van der Waals surface area contributed by atoms with Gasteiger partial charge in [0.25, 0.3) is 0 Å². The van der Waals surface area contributed by atoms with Crippen molar-refractivity contribution in [2.75, 3.05) is 19.9 Å². The Balaban J connectivity index is 2.17. The molecule has 1 aromatic carbocycles. The molecule has 2 N–H and O–H groups in total. The van der Waals surface area contributed by atoms with Crippen molar-refractivity contribution in [3.05, 3.63) is 17.7 Å². The molecule has 1 aliphatic heterocycles. The van der Waals surface area contributed by atoms with E-state index in [1.54, 1.807) is 13.0 Å². The summed E-state index contributed by atoms with van der Waals surface area (Å²) < 4.78 is 37.7. The highest BCUT2D eigenvalue weighted by atomic mass is 32.2. The van der Waals surface area contributed by atoms with Crippen LogP contribution in [0.1, 0.15) is 19.4 Å². The molecule has 0 aliphatic carbocycles.